The van der Waals surface area contributed by atoms with Gasteiger partial charge in [-0.3, -0.25) is 0 Å². The van der Waals surface area contributed by atoms with E-state index in [-0.39, 0.29) is 5.92 Å². The highest BCUT2D eigenvalue weighted by atomic mass is 32.2. The van der Waals surface area contributed by atoms with Gasteiger partial charge in [-0.2, -0.15) is 0 Å². The third kappa shape index (κ3) is 3.53. The topological polar surface area (TPSA) is 60.2 Å². The molecule has 1 aromatic rings. The van der Waals surface area contributed by atoms with E-state index in [9.17, 15) is 8.42 Å². The third-order valence-electron chi connectivity index (χ3n) is 2.88. The average molecular weight is 285 g/mol. The van der Waals surface area contributed by atoms with Gasteiger partial charge in [-0.25, -0.2) is 8.42 Å². The van der Waals surface area contributed by atoms with Crippen LogP contribution in [0.15, 0.2) is 29.2 Å². The van der Waals surface area contributed by atoms with Crippen LogP contribution in [0.1, 0.15) is 38.7 Å². The van der Waals surface area contributed by atoms with Gasteiger partial charge < -0.3 is 5.73 Å². The van der Waals surface area contributed by atoms with Crippen LogP contribution in [0.25, 0.3) is 0 Å². The summed E-state index contributed by atoms with van der Waals surface area (Å²) in [6, 6.07) is 7.02. The van der Waals surface area contributed by atoms with E-state index in [1.165, 1.54) is 0 Å². The fourth-order valence-corrected chi connectivity index (χ4v) is 3.05. The molecule has 1 aromatic carbocycles. The summed E-state index contributed by atoms with van der Waals surface area (Å²) in [5.41, 5.74) is 6.46. The first-order valence-corrected chi connectivity index (χ1v) is 7.82. The lowest BCUT2D eigenvalue weighted by Crippen LogP contribution is -2.15. The van der Waals surface area contributed by atoms with Crippen molar-refractivity contribution in [3.8, 4) is 0 Å². The fraction of sp³-hybridized carbons (Fsp3) is 0.462. The van der Waals surface area contributed by atoms with Crippen molar-refractivity contribution in [2.45, 2.75) is 43.3 Å². The van der Waals surface area contributed by atoms with Crippen LogP contribution >= 0.6 is 12.2 Å². The minimum absolute atomic E-state index is 0.129. The van der Waals surface area contributed by atoms with Gasteiger partial charge in [0.1, 0.15) is 0 Å². The van der Waals surface area contributed by atoms with E-state index in [0.717, 1.165) is 5.56 Å². The van der Waals surface area contributed by atoms with E-state index in [4.69, 9.17) is 18.0 Å². The van der Waals surface area contributed by atoms with Crippen molar-refractivity contribution in [2.75, 3.05) is 0 Å². The lowest BCUT2D eigenvalue weighted by Gasteiger charge is -2.13. The van der Waals surface area contributed by atoms with Crippen LogP contribution in [0, 0.1) is 0 Å². The molecular weight excluding hydrogens is 266 g/mol. The Bertz CT molecular complexity index is 536. The molecule has 18 heavy (non-hydrogen) atoms. The van der Waals surface area contributed by atoms with E-state index in [1.54, 1.807) is 32.0 Å². The number of hydrogen-bond acceptors (Lipinski definition) is 3. The smallest absolute Gasteiger partial charge is 0.180 e. The molecule has 1 unspecified atom stereocenters. The molecule has 2 N–H and O–H groups in total. The summed E-state index contributed by atoms with van der Waals surface area (Å²) in [5.74, 6) is 0.129. The largest absolute Gasteiger partial charge is 0.393 e. The zero-order chi connectivity index (χ0) is 13.9. The van der Waals surface area contributed by atoms with Crippen LogP contribution < -0.4 is 5.73 Å². The number of hydrogen-bond donors (Lipinski definition) is 1. The van der Waals surface area contributed by atoms with Crippen molar-refractivity contribution in [2.24, 2.45) is 5.73 Å². The first kappa shape index (κ1) is 15.1. The highest BCUT2D eigenvalue weighted by Gasteiger charge is 2.20. The summed E-state index contributed by atoms with van der Waals surface area (Å²) in [7, 11) is -3.23. The van der Waals surface area contributed by atoms with Gasteiger partial charge in [0.2, 0.25) is 0 Å². The molecule has 0 aliphatic heterocycles. The highest BCUT2D eigenvalue weighted by molar-refractivity contribution is 7.92. The van der Waals surface area contributed by atoms with Crippen molar-refractivity contribution in [1.82, 2.24) is 0 Å². The lowest BCUT2D eigenvalue weighted by molar-refractivity contribution is 0.587. The monoisotopic (exact) mass is 285 g/mol. The Morgan fingerprint density at radius 1 is 1.33 bits per heavy atom. The zero-order valence-electron chi connectivity index (χ0n) is 10.9. The van der Waals surface area contributed by atoms with Gasteiger partial charge >= 0.3 is 0 Å². The fourth-order valence-electron chi connectivity index (χ4n) is 1.69. The van der Waals surface area contributed by atoms with E-state index in [1.807, 2.05) is 13.0 Å². The van der Waals surface area contributed by atoms with Gasteiger partial charge in [-0.05, 0) is 37.5 Å². The van der Waals surface area contributed by atoms with Gasteiger partial charge in [-0.1, -0.05) is 31.3 Å². The molecule has 0 spiro atoms. The Hall–Kier alpha value is -0.940. The summed E-state index contributed by atoms with van der Waals surface area (Å²) in [5, 5.41) is -0.418. The highest BCUT2D eigenvalue weighted by Crippen LogP contribution is 2.23. The lowest BCUT2D eigenvalue weighted by atomic mass is 9.98. The second-order valence-electron chi connectivity index (χ2n) is 4.74. The average Bonchev–Trinajstić information content (AvgIpc) is 2.28. The summed E-state index contributed by atoms with van der Waals surface area (Å²) < 4.78 is 24.2. The minimum atomic E-state index is -3.23. The van der Waals surface area contributed by atoms with Crippen molar-refractivity contribution >= 4 is 27.0 Å². The summed E-state index contributed by atoms with van der Waals surface area (Å²) in [4.78, 5) is 0.810. The van der Waals surface area contributed by atoms with Crippen molar-refractivity contribution in [3.63, 3.8) is 0 Å². The standard InChI is InChI=1S/C13H19NO2S2/c1-9(2)18(15,16)12-6-4-5-11(8-12)10(3)7-13(14)17/h4-6,8-10H,7H2,1-3H3,(H2,14,17). The first-order chi connectivity index (χ1) is 8.25. The molecule has 1 rings (SSSR count). The van der Waals surface area contributed by atoms with Crippen molar-refractivity contribution < 1.29 is 8.42 Å². The van der Waals surface area contributed by atoms with E-state index in [2.05, 4.69) is 0 Å². The number of rotatable bonds is 5. The Morgan fingerprint density at radius 2 is 1.94 bits per heavy atom. The Morgan fingerprint density at radius 3 is 2.44 bits per heavy atom. The normalized spacial score (nSPS) is 13.6. The number of benzene rings is 1. The second-order valence-corrected chi connectivity index (χ2v) is 7.77. The van der Waals surface area contributed by atoms with E-state index < -0.39 is 15.1 Å². The maximum Gasteiger partial charge on any atom is 0.180 e. The molecule has 0 heterocycles. The zero-order valence-corrected chi connectivity index (χ0v) is 12.5. The van der Waals surface area contributed by atoms with Gasteiger partial charge in [0.15, 0.2) is 9.84 Å². The quantitative estimate of drug-likeness (QED) is 0.845. The summed E-state index contributed by atoms with van der Waals surface area (Å²) >= 11 is 4.88. The van der Waals surface area contributed by atoms with Gasteiger partial charge in [-0.15, -0.1) is 0 Å². The SMILES string of the molecule is CC(CC(N)=S)c1cccc(S(=O)(=O)C(C)C)c1. The summed E-state index contributed by atoms with van der Waals surface area (Å²) in [6.07, 6.45) is 0.584. The minimum Gasteiger partial charge on any atom is -0.393 e. The van der Waals surface area contributed by atoms with Crippen LogP contribution in [-0.2, 0) is 9.84 Å². The molecule has 5 heteroatoms. The molecule has 0 bridgehead atoms. The molecule has 0 aromatic heterocycles. The molecule has 0 aliphatic carbocycles. The molecule has 1 atom stereocenters. The molecule has 0 saturated carbocycles. The van der Waals surface area contributed by atoms with Gasteiger partial charge in [0, 0.05) is 6.42 Å². The molecular formula is C13H19NO2S2. The molecule has 100 valence electrons. The number of sulfone groups is 1. The van der Waals surface area contributed by atoms with Gasteiger partial charge in [0.25, 0.3) is 0 Å². The van der Waals surface area contributed by atoms with Crippen molar-refractivity contribution in [1.29, 1.82) is 0 Å². The van der Waals surface area contributed by atoms with Crippen LogP contribution in [-0.4, -0.2) is 18.7 Å². The maximum absolute atomic E-state index is 12.1. The Kier molecular flexibility index (Phi) is 4.87. The molecule has 0 fully saturated rings. The van der Waals surface area contributed by atoms with Gasteiger partial charge in [0.05, 0.1) is 15.1 Å². The third-order valence-corrected chi connectivity index (χ3v) is 5.20. The van der Waals surface area contributed by atoms with Crippen LogP contribution in [0.3, 0.4) is 0 Å². The van der Waals surface area contributed by atoms with Crippen LogP contribution in [0.4, 0.5) is 0 Å². The van der Waals surface area contributed by atoms with E-state index >= 15 is 0 Å². The molecule has 0 radical (unpaired) electrons. The molecule has 0 amide bonds. The van der Waals surface area contributed by atoms with Crippen molar-refractivity contribution in [3.05, 3.63) is 29.8 Å². The first-order valence-electron chi connectivity index (χ1n) is 5.87. The second kappa shape index (κ2) is 5.80. The predicted molar refractivity (Wildman–Crippen MR) is 78.6 cm³/mol. The Labute approximate surface area is 114 Å². The number of nitrogens with two attached hydrogens (primary N) is 1. The molecule has 0 aliphatic rings. The molecule has 3 nitrogen and oxygen atoms in total. The van der Waals surface area contributed by atoms with Crippen LogP contribution in [0.5, 0.6) is 0 Å². The number of thiocarbonyl (C=S) groups is 1. The van der Waals surface area contributed by atoms with E-state index in [0.29, 0.717) is 16.3 Å². The van der Waals surface area contributed by atoms with Crippen LogP contribution in [0.2, 0.25) is 0 Å². The Balaban J connectivity index is 3.11. The molecule has 0 saturated heterocycles. The maximum atomic E-state index is 12.1. The summed E-state index contributed by atoms with van der Waals surface area (Å²) in [6.45, 7) is 5.35. The predicted octanol–water partition coefficient (Wildman–Crippen LogP) is 2.65.